The van der Waals surface area contributed by atoms with Crippen LogP contribution in [0.15, 0.2) is 64.2 Å². The zero-order chi connectivity index (χ0) is 21.3. The Morgan fingerprint density at radius 2 is 1.83 bits per heavy atom. The van der Waals surface area contributed by atoms with Crippen LogP contribution in [0.5, 0.6) is 5.75 Å². The monoisotopic (exact) mass is 418 g/mol. The first-order valence-corrected chi connectivity index (χ1v) is 10.2. The van der Waals surface area contributed by atoms with Gasteiger partial charge in [0, 0.05) is 0 Å². The Kier molecular flexibility index (Phi) is 5.33. The van der Waals surface area contributed by atoms with Crippen molar-refractivity contribution in [1.29, 1.82) is 5.41 Å². The Labute approximate surface area is 177 Å². The third-order valence-electron chi connectivity index (χ3n) is 4.61. The minimum atomic E-state index is -0.482. The van der Waals surface area contributed by atoms with E-state index in [1.807, 2.05) is 12.1 Å². The number of amides is 1. The minimum Gasteiger partial charge on any atom is -0.423 e. The largest absolute Gasteiger partial charge is 0.423 e. The first-order valence-electron chi connectivity index (χ1n) is 9.27. The molecule has 4 rings (SSSR count). The van der Waals surface area contributed by atoms with Gasteiger partial charge in [0.25, 0.3) is 5.91 Å². The summed E-state index contributed by atoms with van der Waals surface area (Å²) in [6.07, 6.45) is 1.57. The Balaban J connectivity index is 1.47. The van der Waals surface area contributed by atoms with Gasteiger partial charge in [-0.1, -0.05) is 38.1 Å². The van der Waals surface area contributed by atoms with Gasteiger partial charge in [0.05, 0.1) is 16.7 Å². The van der Waals surface area contributed by atoms with Gasteiger partial charge in [0.2, 0.25) is 0 Å². The number of ether oxygens (including phenoxy) is 1. The number of nitrogens with zero attached hydrogens (tertiary/aromatic N) is 3. The molecule has 0 saturated heterocycles. The molecule has 0 fully saturated rings. The van der Waals surface area contributed by atoms with Crippen LogP contribution in [0.3, 0.4) is 0 Å². The fraction of sp³-hybridized carbons (Fsp3) is 0.136. The van der Waals surface area contributed by atoms with Crippen molar-refractivity contribution in [3.05, 3.63) is 70.8 Å². The van der Waals surface area contributed by atoms with Gasteiger partial charge >= 0.3 is 5.97 Å². The van der Waals surface area contributed by atoms with Gasteiger partial charge in [-0.15, -0.1) is 0 Å². The number of amidine groups is 2. The molecule has 1 amide bonds. The Bertz CT molecular complexity index is 1120. The second kappa shape index (κ2) is 8.08. The summed E-state index contributed by atoms with van der Waals surface area (Å²) >= 11 is 1.20. The molecule has 1 N–H and O–H groups in total. The number of hydrazone groups is 1. The summed E-state index contributed by atoms with van der Waals surface area (Å²) in [5.41, 5.74) is 3.99. The molecular weight excluding hydrogens is 400 g/mol. The first-order chi connectivity index (χ1) is 14.4. The zero-order valence-electron chi connectivity index (χ0n) is 16.3. The average Bonchev–Trinajstić information content (AvgIpc) is 3.21. The van der Waals surface area contributed by atoms with E-state index in [1.165, 1.54) is 22.3 Å². The minimum absolute atomic E-state index is 0.0217. The number of carbonyl (C=O) groups excluding carboxylic acids is 2. The van der Waals surface area contributed by atoms with Crippen molar-refractivity contribution < 1.29 is 14.3 Å². The topological polar surface area (TPSA) is 95.2 Å². The highest BCUT2D eigenvalue weighted by atomic mass is 32.2. The number of esters is 1. The number of thioether (sulfide) groups is 1. The highest BCUT2D eigenvalue weighted by Crippen LogP contribution is 2.25. The van der Waals surface area contributed by atoms with Crippen LogP contribution in [-0.4, -0.2) is 33.4 Å². The predicted molar refractivity (Wildman–Crippen MR) is 118 cm³/mol. The highest BCUT2D eigenvalue weighted by Gasteiger charge is 2.32. The lowest BCUT2D eigenvalue weighted by atomic mass is 10.0. The molecule has 2 aromatic carbocycles. The van der Waals surface area contributed by atoms with Crippen molar-refractivity contribution >= 4 is 46.3 Å². The van der Waals surface area contributed by atoms with Crippen LogP contribution < -0.4 is 4.74 Å². The van der Waals surface area contributed by atoms with Gasteiger partial charge in [-0.05, 0) is 59.1 Å². The van der Waals surface area contributed by atoms with Crippen LogP contribution in [0, 0.1) is 5.41 Å². The maximum absolute atomic E-state index is 12.3. The number of nitrogens with one attached hydrogen (secondary N) is 1. The standard InChI is InChI=1S/C22H18N4O3S/c1-13(2)15-5-7-16(8-6-15)21(28)29-17-9-3-14(4-10-17)11-18-19(23)26-22(25-20(18)27)30-12-24-26/h3-13,23H,1-2H3. The average molecular weight is 418 g/mol. The van der Waals surface area contributed by atoms with Crippen molar-refractivity contribution in [2.24, 2.45) is 10.1 Å². The molecule has 150 valence electrons. The summed E-state index contributed by atoms with van der Waals surface area (Å²) in [5.74, 6) is -0.161. The van der Waals surface area contributed by atoms with Gasteiger partial charge in [0.1, 0.15) is 5.75 Å². The second-order valence-electron chi connectivity index (χ2n) is 6.99. The molecule has 0 unspecified atom stereocenters. The number of carbonyl (C=O) groups is 2. The summed E-state index contributed by atoms with van der Waals surface area (Å²) in [7, 11) is 0. The normalized spacial score (nSPS) is 16.8. The Hall–Kier alpha value is -3.52. The maximum Gasteiger partial charge on any atom is 0.343 e. The number of aliphatic imine (C=N–C) groups is 1. The molecule has 0 atom stereocenters. The van der Waals surface area contributed by atoms with Gasteiger partial charge in [-0.25, -0.2) is 4.79 Å². The fourth-order valence-corrected chi connectivity index (χ4v) is 3.52. The van der Waals surface area contributed by atoms with Gasteiger partial charge in [0.15, 0.2) is 11.0 Å². The quantitative estimate of drug-likeness (QED) is 0.454. The molecule has 2 aliphatic rings. The summed E-state index contributed by atoms with van der Waals surface area (Å²) in [6.45, 7) is 4.18. The van der Waals surface area contributed by atoms with E-state index in [-0.39, 0.29) is 11.4 Å². The lowest BCUT2D eigenvalue weighted by Crippen LogP contribution is -2.35. The van der Waals surface area contributed by atoms with E-state index < -0.39 is 11.9 Å². The summed E-state index contributed by atoms with van der Waals surface area (Å²) in [4.78, 5) is 28.5. The van der Waals surface area contributed by atoms with Crippen molar-refractivity contribution in [3.63, 3.8) is 0 Å². The smallest absolute Gasteiger partial charge is 0.343 e. The number of hydrogen-bond acceptors (Lipinski definition) is 6. The lowest BCUT2D eigenvalue weighted by Gasteiger charge is -2.20. The Morgan fingerprint density at radius 1 is 1.13 bits per heavy atom. The van der Waals surface area contributed by atoms with Crippen LogP contribution >= 0.6 is 11.8 Å². The maximum atomic E-state index is 12.3. The number of benzene rings is 2. The summed E-state index contributed by atoms with van der Waals surface area (Å²) in [5, 5.41) is 13.9. The predicted octanol–water partition coefficient (Wildman–Crippen LogP) is 4.28. The van der Waals surface area contributed by atoms with E-state index in [0.29, 0.717) is 28.0 Å². The van der Waals surface area contributed by atoms with Gasteiger partial charge in [-0.3, -0.25) is 10.2 Å². The highest BCUT2D eigenvalue weighted by molar-refractivity contribution is 8.25. The molecule has 0 bridgehead atoms. The number of hydrogen-bond donors (Lipinski definition) is 1. The number of fused-ring (bicyclic) bond motifs is 1. The first kappa shape index (κ1) is 19.8. The van der Waals surface area contributed by atoms with Gasteiger partial charge < -0.3 is 4.74 Å². The molecule has 0 saturated carbocycles. The molecule has 2 aromatic rings. The van der Waals surface area contributed by atoms with E-state index >= 15 is 0 Å². The molecule has 2 heterocycles. The van der Waals surface area contributed by atoms with Crippen LogP contribution in [0.25, 0.3) is 6.08 Å². The van der Waals surface area contributed by atoms with Crippen molar-refractivity contribution in [2.45, 2.75) is 19.8 Å². The van der Waals surface area contributed by atoms with E-state index in [4.69, 9.17) is 10.1 Å². The molecule has 2 aliphatic heterocycles. The van der Waals surface area contributed by atoms with Crippen LogP contribution in [0.1, 0.15) is 41.3 Å². The summed E-state index contributed by atoms with van der Waals surface area (Å²) < 4.78 is 5.42. The fourth-order valence-electron chi connectivity index (χ4n) is 2.91. The summed E-state index contributed by atoms with van der Waals surface area (Å²) in [6, 6.07) is 14.0. The molecule has 0 aliphatic carbocycles. The molecule has 8 heteroatoms. The molecule has 7 nitrogen and oxygen atoms in total. The van der Waals surface area contributed by atoms with Crippen molar-refractivity contribution in [3.8, 4) is 5.75 Å². The van der Waals surface area contributed by atoms with E-state index in [9.17, 15) is 9.59 Å². The SMILES string of the molecule is CC(C)c1ccc(C(=O)Oc2ccc(C=C3C(=N)N4N=CSC4=NC3=O)cc2)cc1. The molecular formula is C22H18N4O3S. The van der Waals surface area contributed by atoms with E-state index in [1.54, 1.807) is 42.5 Å². The van der Waals surface area contributed by atoms with E-state index in [2.05, 4.69) is 23.9 Å². The van der Waals surface area contributed by atoms with Gasteiger partial charge in [-0.2, -0.15) is 15.1 Å². The van der Waals surface area contributed by atoms with E-state index in [0.717, 1.165) is 5.56 Å². The molecule has 0 spiro atoms. The third-order valence-corrected chi connectivity index (χ3v) is 5.29. The second-order valence-corrected chi connectivity index (χ2v) is 7.80. The third kappa shape index (κ3) is 3.95. The van der Waals surface area contributed by atoms with Crippen molar-refractivity contribution in [1.82, 2.24) is 5.01 Å². The number of rotatable bonds is 4. The molecule has 30 heavy (non-hydrogen) atoms. The van der Waals surface area contributed by atoms with Crippen LogP contribution in [-0.2, 0) is 4.79 Å². The Morgan fingerprint density at radius 3 is 2.50 bits per heavy atom. The lowest BCUT2D eigenvalue weighted by molar-refractivity contribution is -0.114. The molecule has 0 aromatic heterocycles. The van der Waals surface area contributed by atoms with Crippen LogP contribution in [0.4, 0.5) is 0 Å². The van der Waals surface area contributed by atoms with Crippen molar-refractivity contribution in [2.75, 3.05) is 0 Å². The van der Waals surface area contributed by atoms with Crippen LogP contribution in [0.2, 0.25) is 0 Å². The zero-order valence-corrected chi connectivity index (χ0v) is 17.1. The molecule has 0 radical (unpaired) electrons.